The van der Waals surface area contributed by atoms with Gasteiger partial charge in [-0.1, -0.05) is 13.8 Å². The molecule has 0 aromatic carbocycles. The number of oxazole rings is 1. The molecule has 2 aromatic rings. The third kappa shape index (κ3) is 4.64. The second kappa shape index (κ2) is 9.09. The van der Waals surface area contributed by atoms with Crippen molar-refractivity contribution in [1.29, 1.82) is 5.41 Å². The second-order valence-electron chi connectivity index (χ2n) is 7.78. The number of nitrogens with one attached hydrogen (secondary N) is 3. The van der Waals surface area contributed by atoms with Crippen molar-refractivity contribution in [2.75, 3.05) is 20.2 Å². The number of likely N-dealkylation sites (tertiary alicyclic amines) is 1. The van der Waals surface area contributed by atoms with Gasteiger partial charge >= 0.3 is 0 Å². The van der Waals surface area contributed by atoms with Gasteiger partial charge < -0.3 is 20.2 Å². The zero-order chi connectivity index (χ0) is 22.6. The van der Waals surface area contributed by atoms with E-state index >= 15 is 0 Å². The molecule has 0 saturated carbocycles. The van der Waals surface area contributed by atoms with Crippen molar-refractivity contribution in [2.45, 2.75) is 26.7 Å². The monoisotopic (exact) mass is 426 g/mol. The maximum absolute atomic E-state index is 12.8. The van der Waals surface area contributed by atoms with Gasteiger partial charge in [0.15, 0.2) is 11.5 Å². The summed E-state index contributed by atoms with van der Waals surface area (Å²) in [6, 6.07) is 1.70. The number of amides is 2. The fourth-order valence-corrected chi connectivity index (χ4v) is 3.28. The Morgan fingerprint density at radius 1 is 1.45 bits per heavy atom. The van der Waals surface area contributed by atoms with Gasteiger partial charge in [-0.15, -0.1) is 0 Å². The van der Waals surface area contributed by atoms with Gasteiger partial charge in [0.1, 0.15) is 6.26 Å². The highest BCUT2D eigenvalue weighted by molar-refractivity contribution is 6.10. The first-order valence-corrected chi connectivity index (χ1v) is 9.88. The summed E-state index contributed by atoms with van der Waals surface area (Å²) in [5.74, 6) is -0.612. The molecule has 164 valence electrons. The minimum Gasteiger partial charge on any atom is -0.444 e. The molecule has 1 aliphatic rings. The summed E-state index contributed by atoms with van der Waals surface area (Å²) in [5, 5.41) is 23.1. The molecule has 2 aromatic heterocycles. The summed E-state index contributed by atoms with van der Waals surface area (Å²) < 4.78 is 5.47. The summed E-state index contributed by atoms with van der Waals surface area (Å²) in [4.78, 5) is 34.9. The molecule has 31 heavy (non-hydrogen) atoms. The van der Waals surface area contributed by atoms with Gasteiger partial charge in [-0.2, -0.15) is 0 Å². The first-order valence-electron chi connectivity index (χ1n) is 9.88. The lowest BCUT2D eigenvalue weighted by molar-refractivity contribution is -0.131. The van der Waals surface area contributed by atoms with E-state index in [1.54, 1.807) is 25.5 Å². The van der Waals surface area contributed by atoms with Crippen molar-refractivity contribution in [2.24, 2.45) is 5.41 Å². The Hall–Kier alpha value is -3.53. The third-order valence-corrected chi connectivity index (χ3v) is 5.10. The Balaban J connectivity index is 1.78. The first-order chi connectivity index (χ1) is 14.8. The minimum atomic E-state index is -0.579. The molecule has 10 nitrogen and oxygen atoms in total. The van der Waals surface area contributed by atoms with Crippen LogP contribution in [0, 0.1) is 10.8 Å². The van der Waals surface area contributed by atoms with Crippen LogP contribution >= 0.6 is 0 Å². The predicted molar refractivity (Wildman–Crippen MR) is 113 cm³/mol. The van der Waals surface area contributed by atoms with Crippen LogP contribution in [0.2, 0.25) is 0 Å². The molecular weight excluding hydrogens is 400 g/mol. The molecule has 0 unspecified atom stereocenters. The lowest BCUT2D eigenvalue weighted by atomic mass is 9.92. The van der Waals surface area contributed by atoms with Crippen LogP contribution in [0.25, 0.3) is 11.5 Å². The Morgan fingerprint density at radius 3 is 2.87 bits per heavy atom. The second-order valence-corrected chi connectivity index (χ2v) is 7.78. The molecule has 0 atom stereocenters. The van der Waals surface area contributed by atoms with Gasteiger partial charge in [0, 0.05) is 49.8 Å². The van der Waals surface area contributed by atoms with Crippen molar-refractivity contribution >= 4 is 17.6 Å². The molecular formula is C21H26N6O4. The van der Waals surface area contributed by atoms with Crippen LogP contribution in [-0.2, 0) is 11.2 Å². The van der Waals surface area contributed by atoms with Crippen molar-refractivity contribution < 1.29 is 19.1 Å². The van der Waals surface area contributed by atoms with Crippen LogP contribution in [0.4, 0.5) is 0 Å². The van der Waals surface area contributed by atoms with Crippen LogP contribution < -0.4 is 10.6 Å². The van der Waals surface area contributed by atoms with Crippen LogP contribution in [0.15, 0.2) is 41.0 Å². The Morgan fingerprint density at radius 2 is 2.23 bits per heavy atom. The third-order valence-electron chi connectivity index (χ3n) is 5.10. The Kier molecular flexibility index (Phi) is 6.50. The number of hydrogen-bond acceptors (Lipinski definition) is 8. The highest BCUT2D eigenvalue weighted by Crippen LogP contribution is 2.31. The van der Waals surface area contributed by atoms with Crippen molar-refractivity contribution in [3.8, 4) is 11.5 Å². The fraction of sp³-hybridized carbons (Fsp3) is 0.381. The van der Waals surface area contributed by atoms with Crippen molar-refractivity contribution in [3.05, 3.63) is 47.9 Å². The van der Waals surface area contributed by atoms with E-state index in [0.717, 1.165) is 5.56 Å². The summed E-state index contributed by atoms with van der Waals surface area (Å²) in [5.41, 5.74) is 0.995. The summed E-state index contributed by atoms with van der Waals surface area (Å²) in [6.07, 6.45) is 6.85. The van der Waals surface area contributed by atoms with Gasteiger partial charge in [-0.05, 0) is 24.5 Å². The summed E-state index contributed by atoms with van der Waals surface area (Å²) in [6.45, 7) is 4.03. The number of aliphatic hydroxyl groups excluding tert-OH is 1. The largest absolute Gasteiger partial charge is 0.444 e. The molecule has 1 saturated heterocycles. The van der Waals surface area contributed by atoms with E-state index in [9.17, 15) is 14.7 Å². The van der Waals surface area contributed by atoms with Crippen LogP contribution in [0.3, 0.4) is 0 Å². The zero-order valence-electron chi connectivity index (χ0n) is 17.7. The average molecular weight is 426 g/mol. The van der Waals surface area contributed by atoms with Crippen LogP contribution in [0.1, 0.15) is 36.3 Å². The smallest absolute Gasteiger partial charge is 0.277 e. The normalized spacial score (nSPS) is 15.8. The number of carbonyl (C=O) groups is 2. The van der Waals surface area contributed by atoms with Gasteiger partial charge in [-0.25, -0.2) is 4.98 Å². The van der Waals surface area contributed by atoms with Crippen LogP contribution in [-0.4, -0.2) is 57.8 Å². The van der Waals surface area contributed by atoms with E-state index in [2.05, 4.69) is 20.6 Å². The molecule has 0 aliphatic carbocycles. The van der Waals surface area contributed by atoms with Gasteiger partial charge in [0.25, 0.3) is 5.91 Å². The molecule has 10 heteroatoms. The molecule has 4 N–H and O–H groups in total. The fourth-order valence-electron chi connectivity index (χ4n) is 3.28. The molecule has 2 amide bonds. The quantitative estimate of drug-likeness (QED) is 0.386. The number of hydrogen-bond donors (Lipinski definition) is 4. The van der Waals surface area contributed by atoms with E-state index < -0.39 is 11.3 Å². The number of aromatic nitrogens is 2. The Bertz CT molecular complexity index is 1030. The standard InChI is InChI=1S/C21H26N6O4/c1-21(2)6-8-27(20(21)30)17(22)15(11-23-3)25-18(29)16-12-31-19(26-16)14-4-7-24-10-13(14)5-9-28/h4,7,10-12,22-23,28H,5-6,8-9H2,1-3H3,(H,25,29)/b15-11+,22-17?. The first kappa shape index (κ1) is 22.2. The summed E-state index contributed by atoms with van der Waals surface area (Å²) in [7, 11) is 1.63. The van der Waals surface area contributed by atoms with E-state index in [4.69, 9.17) is 9.83 Å². The van der Waals surface area contributed by atoms with E-state index in [-0.39, 0.29) is 35.6 Å². The molecule has 1 fully saturated rings. The van der Waals surface area contributed by atoms with E-state index in [0.29, 0.717) is 24.9 Å². The lowest BCUT2D eigenvalue weighted by Gasteiger charge is -2.22. The highest BCUT2D eigenvalue weighted by Gasteiger charge is 2.41. The number of amidine groups is 1. The Labute approximate surface area is 179 Å². The molecule has 0 bridgehead atoms. The molecule has 3 rings (SSSR count). The topological polar surface area (TPSA) is 144 Å². The minimum absolute atomic E-state index is 0.0182. The van der Waals surface area contributed by atoms with E-state index in [1.165, 1.54) is 17.4 Å². The van der Waals surface area contributed by atoms with Crippen molar-refractivity contribution in [3.63, 3.8) is 0 Å². The molecule has 3 heterocycles. The molecule has 0 radical (unpaired) electrons. The number of pyridine rings is 1. The number of aliphatic hydroxyl groups is 1. The van der Waals surface area contributed by atoms with E-state index in [1.807, 2.05) is 13.8 Å². The lowest BCUT2D eigenvalue weighted by Crippen LogP contribution is -2.41. The zero-order valence-corrected chi connectivity index (χ0v) is 17.7. The predicted octanol–water partition coefficient (Wildman–Crippen LogP) is 1.30. The average Bonchev–Trinajstić information content (AvgIpc) is 3.33. The maximum Gasteiger partial charge on any atom is 0.277 e. The number of carbonyl (C=O) groups excluding carboxylic acids is 2. The molecule has 0 spiro atoms. The summed E-state index contributed by atoms with van der Waals surface area (Å²) >= 11 is 0. The SMILES string of the molecule is CN/C=C(/NC(=O)c1coc(-c2ccncc2CCO)n1)C(=N)N1CCC(C)(C)C1=O. The molecule has 1 aliphatic heterocycles. The van der Waals surface area contributed by atoms with Gasteiger partial charge in [-0.3, -0.25) is 24.9 Å². The van der Waals surface area contributed by atoms with Gasteiger partial charge in [0.05, 0.1) is 5.70 Å². The maximum atomic E-state index is 12.8. The number of rotatable bonds is 7. The highest BCUT2D eigenvalue weighted by atomic mass is 16.3. The van der Waals surface area contributed by atoms with Crippen LogP contribution in [0.5, 0.6) is 0 Å². The number of nitrogens with zero attached hydrogens (tertiary/aromatic N) is 3. The van der Waals surface area contributed by atoms with Crippen molar-refractivity contribution in [1.82, 2.24) is 25.5 Å². The van der Waals surface area contributed by atoms with Gasteiger partial charge in [0.2, 0.25) is 11.8 Å².